The van der Waals surface area contributed by atoms with Gasteiger partial charge < -0.3 is 10.1 Å². The number of aryl methyl sites for hydroxylation is 2. The van der Waals surface area contributed by atoms with Gasteiger partial charge in [0, 0.05) is 10.9 Å². The largest absolute Gasteiger partial charge is 0.480 e. The third-order valence-electron chi connectivity index (χ3n) is 3.62. The number of carbonyl (C=O) groups excluding carboxylic acids is 1. The smallest absolute Gasteiger partial charge is 0.265 e. The van der Waals surface area contributed by atoms with Crippen molar-refractivity contribution in [1.82, 2.24) is 0 Å². The van der Waals surface area contributed by atoms with Crippen molar-refractivity contribution in [1.29, 1.82) is 0 Å². The number of rotatable bonds is 2. The minimum absolute atomic E-state index is 0.112. The summed E-state index contributed by atoms with van der Waals surface area (Å²) in [5, 5.41) is 2.97. The summed E-state index contributed by atoms with van der Waals surface area (Å²) in [5.41, 5.74) is 4.08. The van der Waals surface area contributed by atoms with Crippen LogP contribution in [-0.4, -0.2) is 12.0 Å². The molecule has 1 N–H and O–H groups in total. The van der Waals surface area contributed by atoms with Gasteiger partial charge in [0.05, 0.1) is 5.69 Å². The topological polar surface area (TPSA) is 38.3 Å². The first kappa shape index (κ1) is 14.1. The number of hydrogen-bond donors (Lipinski definition) is 1. The second-order valence-electron chi connectivity index (χ2n) is 5.35. The lowest BCUT2D eigenvalue weighted by Gasteiger charge is -2.15. The van der Waals surface area contributed by atoms with Gasteiger partial charge in [-0.05, 0) is 58.6 Å². The molecule has 0 saturated heterocycles. The summed E-state index contributed by atoms with van der Waals surface area (Å²) in [7, 11) is 0. The quantitative estimate of drug-likeness (QED) is 0.892. The van der Waals surface area contributed by atoms with Crippen molar-refractivity contribution in [3.8, 4) is 5.75 Å². The third-order valence-corrected chi connectivity index (χ3v) is 4.24. The van der Waals surface area contributed by atoms with Crippen LogP contribution >= 0.6 is 15.9 Å². The molecule has 0 spiro atoms. The molecule has 0 aliphatic carbocycles. The molecule has 3 rings (SSSR count). The van der Waals surface area contributed by atoms with Crippen LogP contribution in [0, 0.1) is 13.8 Å². The van der Waals surface area contributed by atoms with Gasteiger partial charge in [0.1, 0.15) is 5.75 Å². The molecular weight excluding hydrogens is 330 g/mol. The van der Waals surface area contributed by atoms with Gasteiger partial charge in [-0.15, -0.1) is 0 Å². The molecule has 1 atom stereocenters. The molecule has 1 aliphatic heterocycles. The van der Waals surface area contributed by atoms with E-state index in [9.17, 15) is 4.79 Å². The zero-order valence-electron chi connectivity index (χ0n) is 11.9. The minimum atomic E-state index is -0.463. The molecule has 0 bridgehead atoms. The number of fused-ring (bicyclic) bond motifs is 1. The van der Waals surface area contributed by atoms with Crippen LogP contribution in [0.1, 0.15) is 16.7 Å². The van der Waals surface area contributed by atoms with Crippen molar-refractivity contribution in [3.05, 3.63) is 57.6 Å². The number of halogens is 1. The van der Waals surface area contributed by atoms with Gasteiger partial charge in [0.15, 0.2) is 6.10 Å². The van der Waals surface area contributed by atoms with E-state index in [2.05, 4.69) is 21.2 Å². The standard InChI is InChI=1S/C17H16BrNO2/c1-10-7-11(2)16(13(18)8-10)19-17(20)15-9-12-5-3-4-6-14(12)21-15/h3-8,15H,9H2,1-2H3,(H,19,20). The van der Waals surface area contributed by atoms with Gasteiger partial charge in [0.2, 0.25) is 0 Å². The Morgan fingerprint density at radius 2 is 2.05 bits per heavy atom. The second kappa shape index (κ2) is 5.53. The highest BCUT2D eigenvalue weighted by Gasteiger charge is 2.29. The Balaban J connectivity index is 1.77. The fraction of sp³-hybridized carbons (Fsp3) is 0.235. The monoisotopic (exact) mass is 345 g/mol. The van der Waals surface area contributed by atoms with E-state index in [1.54, 1.807) is 0 Å². The van der Waals surface area contributed by atoms with E-state index in [1.165, 1.54) is 0 Å². The van der Waals surface area contributed by atoms with Gasteiger partial charge in [-0.25, -0.2) is 0 Å². The summed E-state index contributed by atoms with van der Waals surface area (Å²) in [5.74, 6) is 0.691. The highest BCUT2D eigenvalue weighted by molar-refractivity contribution is 9.10. The lowest BCUT2D eigenvalue weighted by molar-refractivity contribution is -0.122. The fourth-order valence-corrected chi connectivity index (χ4v) is 3.38. The van der Waals surface area contributed by atoms with Gasteiger partial charge in [-0.1, -0.05) is 24.3 Å². The van der Waals surface area contributed by atoms with Crippen molar-refractivity contribution in [2.45, 2.75) is 26.4 Å². The van der Waals surface area contributed by atoms with Gasteiger partial charge >= 0.3 is 0 Å². The highest BCUT2D eigenvalue weighted by atomic mass is 79.9. The van der Waals surface area contributed by atoms with E-state index in [4.69, 9.17) is 4.74 Å². The summed E-state index contributed by atoms with van der Waals surface area (Å²) in [6.45, 7) is 4.01. The number of hydrogen-bond acceptors (Lipinski definition) is 2. The summed E-state index contributed by atoms with van der Waals surface area (Å²) in [6, 6.07) is 11.8. The van der Waals surface area contributed by atoms with E-state index in [0.29, 0.717) is 6.42 Å². The molecule has 1 amide bonds. The first-order chi connectivity index (χ1) is 10.0. The van der Waals surface area contributed by atoms with E-state index in [1.807, 2.05) is 50.2 Å². The summed E-state index contributed by atoms with van der Waals surface area (Å²) in [4.78, 5) is 12.4. The number of para-hydroxylation sites is 1. The average Bonchev–Trinajstić information content (AvgIpc) is 2.86. The predicted octanol–water partition coefficient (Wildman–Crippen LogP) is 4.01. The van der Waals surface area contributed by atoms with E-state index in [0.717, 1.165) is 32.6 Å². The van der Waals surface area contributed by atoms with E-state index < -0.39 is 6.10 Å². The molecule has 3 nitrogen and oxygen atoms in total. The molecule has 21 heavy (non-hydrogen) atoms. The lowest BCUT2D eigenvalue weighted by Crippen LogP contribution is -2.31. The predicted molar refractivity (Wildman–Crippen MR) is 86.8 cm³/mol. The Morgan fingerprint density at radius 1 is 1.29 bits per heavy atom. The fourth-order valence-electron chi connectivity index (χ4n) is 2.61. The lowest BCUT2D eigenvalue weighted by atomic mass is 10.1. The number of anilines is 1. The second-order valence-corrected chi connectivity index (χ2v) is 6.20. The minimum Gasteiger partial charge on any atom is -0.480 e. The molecule has 108 valence electrons. The average molecular weight is 346 g/mol. The maximum absolute atomic E-state index is 12.4. The summed E-state index contributed by atoms with van der Waals surface area (Å²) >= 11 is 3.51. The Morgan fingerprint density at radius 3 is 2.76 bits per heavy atom. The van der Waals surface area contributed by atoms with Crippen LogP contribution in [0.2, 0.25) is 0 Å². The molecule has 1 unspecified atom stereocenters. The molecule has 0 radical (unpaired) electrons. The SMILES string of the molecule is Cc1cc(C)c(NC(=O)C2Cc3ccccc3O2)c(Br)c1. The molecule has 2 aromatic carbocycles. The molecule has 1 aliphatic rings. The van der Waals surface area contributed by atoms with E-state index >= 15 is 0 Å². The number of ether oxygens (including phenoxy) is 1. The summed E-state index contributed by atoms with van der Waals surface area (Å²) < 4.78 is 6.61. The van der Waals surface area contributed by atoms with E-state index in [-0.39, 0.29) is 5.91 Å². The maximum Gasteiger partial charge on any atom is 0.265 e. The Labute approximate surface area is 132 Å². The third kappa shape index (κ3) is 2.81. The van der Waals surface area contributed by atoms with Crippen molar-refractivity contribution < 1.29 is 9.53 Å². The van der Waals surface area contributed by atoms with Crippen LogP contribution in [0.5, 0.6) is 5.75 Å². The van der Waals surface area contributed by atoms with Crippen LogP contribution in [0.4, 0.5) is 5.69 Å². The number of amides is 1. The zero-order valence-corrected chi connectivity index (χ0v) is 13.5. The molecular formula is C17H16BrNO2. The molecule has 0 fully saturated rings. The molecule has 1 heterocycles. The Hall–Kier alpha value is -1.81. The van der Waals surface area contributed by atoms with Crippen LogP contribution in [0.25, 0.3) is 0 Å². The van der Waals surface area contributed by atoms with Crippen LogP contribution in [0.3, 0.4) is 0 Å². The normalized spacial score (nSPS) is 16.2. The Bertz CT molecular complexity index is 664. The van der Waals surface area contributed by atoms with Crippen molar-refractivity contribution in [2.75, 3.05) is 5.32 Å². The Kier molecular flexibility index (Phi) is 3.72. The highest BCUT2D eigenvalue weighted by Crippen LogP contribution is 2.31. The van der Waals surface area contributed by atoms with Crippen LogP contribution in [-0.2, 0) is 11.2 Å². The number of nitrogens with one attached hydrogen (secondary N) is 1. The van der Waals surface area contributed by atoms with Crippen molar-refractivity contribution >= 4 is 27.5 Å². The van der Waals surface area contributed by atoms with Crippen molar-refractivity contribution in [2.24, 2.45) is 0 Å². The first-order valence-electron chi connectivity index (χ1n) is 6.87. The molecule has 2 aromatic rings. The molecule has 4 heteroatoms. The zero-order chi connectivity index (χ0) is 15.0. The van der Waals surface area contributed by atoms with Gasteiger partial charge in [-0.2, -0.15) is 0 Å². The van der Waals surface area contributed by atoms with Gasteiger partial charge in [-0.3, -0.25) is 4.79 Å². The molecule has 0 aromatic heterocycles. The maximum atomic E-state index is 12.4. The number of benzene rings is 2. The summed E-state index contributed by atoms with van der Waals surface area (Å²) in [6.07, 6.45) is 0.153. The molecule has 0 saturated carbocycles. The number of carbonyl (C=O) groups is 1. The van der Waals surface area contributed by atoms with Gasteiger partial charge in [0.25, 0.3) is 5.91 Å². The first-order valence-corrected chi connectivity index (χ1v) is 7.66. The van der Waals surface area contributed by atoms with Crippen LogP contribution < -0.4 is 10.1 Å². The van der Waals surface area contributed by atoms with Crippen molar-refractivity contribution in [3.63, 3.8) is 0 Å². The van der Waals surface area contributed by atoms with Crippen LogP contribution in [0.15, 0.2) is 40.9 Å².